The highest BCUT2D eigenvalue weighted by atomic mass is 35.5. The second-order valence-electron chi connectivity index (χ2n) is 5.05. The average Bonchev–Trinajstić information content (AvgIpc) is 2.75. The van der Waals surface area contributed by atoms with Gasteiger partial charge in [-0.05, 0) is 50.9 Å². The van der Waals surface area contributed by atoms with E-state index in [1.54, 1.807) is 12.4 Å². The Morgan fingerprint density at radius 2 is 2.20 bits per heavy atom. The predicted molar refractivity (Wildman–Crippen MR) is 82.2 cm³/mol. The molecule has 20 heavy (non-hydrogen) atoms. The van der Waals surface area contributed by atoms with Gasteiger partial charge in [0.2, 0.25) is 0 Å². The number of hydrogen-bond donors (Lipinski definition) is 1. The van der Waals surface area contributed by atoms with Gasteiger partial charge < -0.3 is 9.73 Å². The van der Waals surface area contributed by atoms with Gasteiger partial charge in [0.15, 0.2) is 0 Å². The van der Waals surface area contributed by atoms with E-state index in [2.05, 4.69) is 23.3 Å². The van der Waals surface area contributed by atoms with Crippen LogP contribution in [-0.4, -0.2) is 11.5 Å². The van der Waals surface area contributed by atoms with E-state index in [1.807, 2.05) is 19.9 Å². The van der Waals surface area contributed by atoms with Crippen molar-refractivity contribution in [2.45, 2.75) is 39.7 Å². The lowest BCUT2D eigenvalue weighted by Gasteiger charge is -2.18. The zero-order valence-electron chi connectivity index (χ0n) is 12.2. The van der Waals surface area contributed by atoms with Crippen molar-refractivity contribution >= 4 is 11.6 Å². The van der Waals surface area contributed by atoms with E-state index in [9.17, 15) is 0 Å². The Balaban J connectivity index is 2.24. The molecule has 0 amide bonds. The van der Waals surface area contributed by atoms with Crippen LogP contribution in [0.4, 0.5) is 0 Å². The summed E-state index contributed by atoms with van der Waals surface area (Å²) in [5.41, 5.74) is 2.32. The molecular formula is C16H21ClN2O. The van der Waals surface area contributed by atoms with Gasteiger partial charge in [0.1, 0.15) is 11.5 Å². The molecule has 0 saturated heterocycles. The van der Waals surface area contributed by atoms with E-state index in [0.29, 0.717) is 5.02 Å². The quantitative estimate of drug-likeness (QED) is 0.866. The average molecular weight is 293 g/mol. The first-order valence-corrected chi connectivity index (χ1v) is 7.38. The van der Waals surface area contributed by atoms with Crippen LogP contribution in [0, 0.1) is 13.8 Å². The van der Waals surface area contributed by atoms with Crippen LogP contribution in [0.1, 0.15) is 42.0 Å². The normalized spacial score (nSPS) is 12.6. The van der Waals surface area contributed by atoms with Crippen LogP contribution in [-0.2, 0) is 6.42 Å². The topological polar surface area (TPSA) is 38.1 Å². The van der Waals surface area contributed by atoms with E-state index in [1.165, 1.54) is 5.56 Å². The third kappa shape index (κ3) is 3.62. The second-order valence-corrected chi connectivity index (χ2v) is 5.45. The Hall–Kier alpha value is -1.32. The van der Waals surface area contributed by atoms with Crippen molar-refractivity contribution in [3.8, 4) is 0 Å². The lowest BCUT2D eigenvalue weighted by molar-refractivity contribution is 0.480. The van der Waals surface area contributed by atoms with Crippen LogP contribution in [0.5, 0.6) is 0 Å². The maximum atomic E-state index is 6.22. The molecule has 0 fully saturated rings. The Morgan fingerprint density at radius 3 is 2.80 bits per heavy atom. The molecule has 108 valence electrons. The van der Waals surface area contributed by atoms with E-state index < -0.39 is 0 Å². The van der Waals surface area contributed by atoms with Gasteiger partial charge in [0.25, 0.3) is 0 Å². The molecule has 1 N–H and O–H groups in total. The molecule has 1 atom stereocenters. The van der Waals surface area contributed by atoms with Crippen molar-refractivity contribution in [2.75, 3.05) is 6.54 Å². The van der Waals surface area contributed by atoms with Gasteiger partial charge in [-0.25, -0.2) is 0 Å². The number of hydrogen-bond acceptors (Lipinski definition) is 3. The van der Waals surface area contributed by atoms with E-state index in [4.69, 9.17) is 16.0 Å². The molecule has 0 aliphatic heterocycles. The number of nitrogens with one attached hydrogen (secondary N) is 1. The van der Waals surface area contributed by atoms with Crippen LogP contribution in [0.3, 0.4) is 0 Å². The molecule has 2 aromatic rings. The van der Waals surface area contributed by atoms with Crippen molar-refractivity contribution < 1.29 is 4.42 Å². The molecular weight excluding hydrogens is 272 g/mol. The number of pyridine rings is 1. The molecule has 0 aromatic carbocycles. The van der Waals surface area contributed by atoms with E-state index in [0.717, 1.165) is 36.5 Å². The molecule has 2 rings (SSSR count). The molecule has 2 heterocycles. The van der Waals surface area contributed by atoms with Gasteiger partial charge in [0, 0.05) is 24.0 Å². The fourth-order valence-electron chi connectivity index (χ4n) is 2.40. The maximum Gasteiger partial charge on any atom is 0.105 e. The smallest absolute Gasteiger partial charge is 0.105 e. The summed E-state index contributed by atoms with van der Waals surface area (Å²) in [6.45, 7) is 7.12. The highest BCUT2D eigenvalue weighted by Crippen LogP contribution is 2.27. The van der Waals surface area contributed by atoms with Gasteiger partial charge in [-0.1, -0.05) is 18.5 Å². The number of halogens is 1. The summed E-state index contributed by atoms with van der Waals surface area (Å²) in [7, 11) is 0. The minimum Gasteiger partial charge on any atom is -0.466 e. The highest BCUT2D eigenvalue weighted by Gasteiger charge is 2.18. The van der Waals surface area contributed by atoms with Gasteiger partial charge >= 0.3 is 0 Å². The van der Waals surface area contributed by atoms with Crippen LogP contribution >= 0.6 is 11.6 Å². The number of furan rings is 1. The molecule has 4 heteroatoms. The van der Waals surface area contributed by atoms with Crippen LogP contribution in [0.25, 0.3) is 0 Å². The monoisotopic (exact) mass is 292 g/mol. The molecule has 0 saturated carbocycles. The van der Waals surface area contributed by atoms with Crippen molar-refractivity contribution in [3.63, 3.8) is 0 Å². The summed E-state index contributed by atoms with van der Waals surface area (Å²) < 4.78 is 5.66. The molecule has 2 aromatic heterocycles. The predicted octanol–water partition coefficient (Wildman–Crippen LogP) is 4.23. The number of rotatable bonds is 6. The Labute approximate surface area is 125 Å². The summed E-state index contributed by atoms with van der Waals surface area (Å²) in [6, 6.07) is 4.30. The summed E-state index contributed by atoms with van der Waals surface area (Å²) >= 11 is 6.22. The van der Waals surface area contributed by atoms with Crippen molar-refractivity contribution in [2.24, 2.45) is 0 Å². The summed E-state index contributed by atoms with van der Waals surface area (Å²) in [4.78, 5) is 4.04. The lowest BCUT2D eigenvalue weighted by atomic mass is 9.99. The fourth-order valence-corrected chi connectivity index (χ4v) is 2.59. The SMILES string of the molecule is CCCNC(Cc1ccncc1Cl)c1cc(C)oc1C. The molecule has 0 aliphatic carbocycles. The highest BCUT2D eigenvalue weighted by molar-refractivity contribution is 6.31. The molecule has 3 nitrogen and oxygen atoms in total. The van der Waals surface area contributed by atoms with Gasteiger partial charge in [-0.15, -0.1) is 0 Å². The number of nitrogens with zero attached hydrogens (tertiary/aromatic N) is 1. The second kappa shape index (κ2) is 6.91. The largest absolute Gasteiger partial charge is 0.466 e. The summed E-state index contributed by atoms with van der Waals surface area (Å²) in [6.07, 6.45) is 5.41. The first-order valence-electron chi connectivity index (χ1n) is 7.00. The standard InChI is InChI=1S/C16H21ClN2O/c1-4-6-19-16(14-8-11(2)20-12(14)3)9-13-5-7-18-10-15(13)17/h5,7-8,10,16,19H,4,6,9H2,1-3H3. The van der Waals surface area contributed by atoms with Crippen LogP contribution < -0.4 is 5.32 Å². The minimum atomic E-state index is 0.215. The lowest BCUT2D eigenvalue weighted by Crippen LogP contribution is -2.24. The van der Waals surface area contributed by atoms with Crippen molar-refractivity contribution in [1.29, 1.82) is 0 Å². The maximum absolute atomic E-state index is 6.22. The summed E-state index contributed by atoms with van der Waals surface area (Å²) in [5, 5.41) is 4.29. The number of aryl methyl sites for hydroxylation is 2. The first kappa shape index (κ1) is 15.1. The molecule has 1 unspecified atom stereocenters. The molecule has 0 spiro atoms. The number of aromatic nitrogens is 1. The minimum absolute atomic E-state index is 0.215. The van der Waals surface area contributed by atoms with Crippen molar-refractivity contribution in [3.05, 3.63) is 52.2 Å². The van der Waals surface area contributed by atoms with Crippen LogP contribution in [0.2, 0.25) is 5.02 Å². The zero-order valence-corrected chi connectivity index (χ0v) is 13.0. The van der Waals surface area contributed by atoms with Crippen molar-refractivity contribution in [1.82, 2.24) is 10.3 Å². The fraction of sp³-hybridized carbons (Fsp3) is 0.438. The third-order valence-corrected chi connectivity index (χ3v) is 3.72. The summed E-state index contributed by atoms with van der Waals surface area (Å²) in [5.74, 6) is 1.92. The van der Waals surface area contributed by atoms with Crippen LogP contribution in [0.15, 0.2) is 28.9 Å². The van der Waals surface area contributed by atoms with Gasteiger partial charge in [0.05, 0.1) is 5.02 Å². The third-order valence-electron chi connectivity index (χ3n) is 3.38. The Kier molecular flexibility index (Phi) is 5.21. The molecule has 0 radical (unpaired) electrons. The molecule has 0 aliphatic rings. The van der Waals surface area contributed by atoms with Gasteiger partial charge in [-0.2, -0.15) is 0 Å². The zero-order chi connectivity index (χ0) is 14.5. The first-order chi connectivity index (χ1) is 9.61. The van der Waals surface area contributed by atoms with E-state index in [-0.39, 0.29) is 6.04 Å². The Morgan fingerprint density at radius 1 is 1.40 bits per heavy atom. The van der Waals surface area contributed by atoms with Gasteiger partial charge in [-0.3, -0.25) is 4.98 Å². The van der Waals surface area contributed by atoms with E-state index >= 15 is 0 Å². The Bertz CT molecular complexity index is 565. The molecule has 0 bridgehead atoms.